The van der Waals surface area contributed by atoms with Crippen LogP contribution in [0.2, 0.25) is 0 Å². The van der Waals surface area contributed by atoms with Gasteiger partial charge in [-0.1, -0.05) is 30.3 Å². The predicted octanol–water partition coefficient (Wildman–Crippen LogP) is 6.74. The third kappa shape index (κ3) is 6.52. The highest BCUT2D eigenvalue weighted by Gasteiger charge is 2.90. The predicted molar refractivity (Wildman–Crippen MR) is 100.0 cm³/mol. The average molecular weight is 569 g/mol. The maximum absolute atomic E-state index is 14.0. The Kier molecular flexibility index (Phi) is 9.78. The first-order valence-corrected chi connectivity index (χ1v) is 10.2. The van der Waals surface area contributed by atoms with Crippen molar-refractivity contribution < 1.29 is 71.7 Å². The molecule has 0 saturated carbocycles. The van der Waals surface area contributed by atoms with Crippen molar-refractivity contribution >= 4 is 6.09 Å². The van der Waals surface area contributed by atoms with Crippen molar-refractivity contribution in [1.82, 2.24) is 5.32 Å². The molecule has 0 fully saturated rings. The molecule has 0 aliphatic heterocycles. The molecule has 1 aromatic rings. The number of halogens is 13. The van der Waals surface area contributed by atoms with Crippen LogP contribution in [0.3, 0.4) is 0 Å². The monoisotopic (exact) mass is 569 g/mol. The summed E-state index contributed by atoms with van der Waals surface area (Å²) < 4.78 is 176. The number of aliphatic hydroxyl groups excluding tert-OH is 1. The fraction of sp³-hybridized carbons (Fsp3) is 0.650. The Bertz CT molecular complexity index is 891. The van der Waals surface area contributed by atoms with E-state index in [9.17, 15) is 67.0 Å². The van der Waals surface area contributed by atoms with Gasteiger partial charge in [0.25, 0.3) is 0 Å². The Morgan fingerprint density at radius 2 is 1.32 bits per heavy atom. The lowest BCUT2D eigenvalue weighted by atomic mass is 9.90. The van der Waals surface area contributed by atoms with Crippen molar-refractivity contribution in [3.05, 3.63) is 35.9 Å². The van der Waals surface area contributed by atoms with Crippen molar-refractivity contribution in [2.24, 2.45) is 0 Å². The number of alkyl carbamates (subject to hydrolysis) is 1. The van der Waals surface area contributed by atoms with Crippen LogP contribution in [0.1, 0.15) is 37.8 Å². The molecule has 0 spiro atoms. The summed E-state index contributed by atoms with van der Waals surface area (Å²) in [6, 6.07) is 5.92. The van der Waals surface area contributed by atoms with E-state index in [1.807, 2.05) is 0 Å². The second kappa shape index (κ2) is 11.1. The van der Waals surface area contributed by atoms with Gasteiger partial charge in [0.2, 0.25) is 0 Å². The molecule has 0 saturated heterocycles. The summed E-state index contributed by atoms with van der Waals surface area (Å²) in [4.78, 5) is 11.7. The van der Waals surface area contributed by atoms with Gasteiger partial charge in [-0.05, 0) is 25.3 Å². The van der Waals surface area contributed by atoms with Gasteiger partial charge < -0.3 is 15.2 Å². The minimum Gasteiger partial charge on any atom is -0.450 e. The Labute approximate surface area is 200 Å². The maximum Gasteiger partial charge on any atom is 0.460 e. The number of amides is 1. The topological polar surface area (TPSA) is 58.6 Å². The lowest BCUT2D eigenvalue weighted by Gasteiger charge is -2.40. The SMILES string of the molecule is CCOC(=O)NC(C[C@@H](O)CCC(F)(F)C(F)(F)C(F)(F)C(F)(F)C(F)(F)C(F)(F)F)c1ccccc1. The molecule has 1 rings (SSSR count). The van der Waals surface area contributed by atoms with E-state index in [0.717, 1.165) is 0 Å². The Morgan fingerprint density at radius 3 is 1.78 bits per heavy atom. The van der Waals surface area contributed by atoms with Gasteiger partial charge in [0.1, 0.15) is 0 Å². The highest BCUT2D eigenvalue weighted by molar-refractivity contribution is 5.67. The number of hydrogen-bond acceptors (Lipinski definition) is 3. The maximum atomic E-state index is 14.0. The van der Waals surface area contributed by atoms with E-state index in [4.69, 9.17) is 0 Å². The van der Waals surface area contributed by atoms with Crippen LogP contribution >= 0.6 is 0 Å². The summed E-state index contributed by atoms with van der Waals surface area (Å²) in [5.74, 6) is -37.4. The Balaban J connectivity index is 3.11. The summed E-state index contributed by atoms with van der Waals surface area (Å²) in [5.41, 5.74) is 0.229. The summed E-state index contributed by atoms with van der Waals surface area (Å²) >= 11 is 0. The molecular weight excluding hydrogens is 549 g/mol. The first-order valence-electron chi connectivity index (χ1n) is 10.2. The van der Waals surface area contributed by atoms with Gasteiger partial charge in [0, 0.05) is 6.42 Å². The van der Waals surface area contributed by atoms with Gasteiger partial charge in [-0.25, -0.2) is 4.79 Å². The van der Waals surface area contributed by atoms with E-state index in [0.29, 0.717) is 0 Å². The van der Waals surface area contributed by atoms with E-state index < -0.39 is 73.3 Å². The summed E-state index contributed by atoms with van der Waals surface area (Å²) in [6.45, 7) is 1.29. The normalized spacial score (nSPS) is 15.8. The zero-order valence-corrected chi connectivity index (χ0v) is 18.5. The van der Waals surface area contributed by atoms with Crippen LogP contribution in [0.15, 0.2) is 30.3 Å². The number of carbonyl (C=O) groups is 1. The van der Waals surface area contributed by atoms with Crippen molar-refractivity contribution in [1.29, 1.82) is 0 Å². The molecule has 0 aliphatic rings. The van der Waals surface area contributed by atoms with E-state index in [1.165, 1.54) is 37.3 Å². The second-order valence-corrected chi connectivity index (χ2v) is 7.76. The molecule has 1 amide bonds. The Morgan fingerprint density at radius 1 is 0.838 bits per heavy atom. The number of nitrogens with one attached hydrogen (secondary N) is 1. The highest BCUT2D eigenvalue weighted by atomic mass is 19.4. The molecule has 2 atom stereocenters. The minimum atomic E-state index is -7.98. The molecule has 17 heteroatoms. The fourth-order valence-electron chi connectivity index (χ4n) is 2.98. The third-order valence-corrected chi connectivity index (χ3v) is 5.07. The molecule has 0 aliphatic carbocycles. The van der Waals surface area contributed by atoms with Gasteiger partial charge in [-0.2, -0.15) is 57.1 Å². The lowest BCUT2D eigenvalue weighted by molar-refractivity contribution is -0.440. The molecule has 0 bridgehead atoms. The van der Waals surface area contributed by atoms with Crippen LogP contribution in [-0.2, 0) is 4.74 Å². The molecule has 0 aromatic heterocycles. The van der Waals surface area contributed by atoms with Gasteiger partial charge in [0.05, 0.1) is 18.8 Å². The van der Waals surface area contributed by atoms with Crippen LogP contribution in [0.25, 0.3) is 0 Å². The van der Waals surface area contributed by atoms with Gasteiger partial charge in [-0.15, -0.1) is 0 Å². The van der Waals surface area contributed by atoms with Gasteiger partial charge in [0.15, 0.2) is 0 Å². The van der Waals surface area contributed by atoms with E-state index in [1.54, 1.807) is 0 Å². The molecule has 2 N–H and O–H groups in total. The second-order valence-electron chi connectivity index (χ2n) is 7.76. The number of alkyl halides is 13. The number of ether oxygens (including phenoxy) is 1. The summed E-state index contributed by atoms with van der Waals surface area (Å²) in [7, 11) is 0. The highest BCUT2D eigenvalue weighted by Crippen LogP contribution is 2.60. The van der Waals surface area contributed by atoms with Crippen molar-refractivity contribution in [2.75, 3.05) is 6.61 Å². The first kappa shape index (κ1) is 32.6. The number of carbonyl (C=O) groups excluding carboxylic acids is 1. The van der Waals surface area contributed by atoms with Gasteiger partial charge >= 0.3 is 41.9 Å². The van der Waals surface area contributed by atoms with Gasteiger partial charge in [-0.3, -0.25) is 0 Å². The summed E-state index contributed by atoms with van der Waals surface area (Å²) in [6.07, 6.45) is -15.5. The lowest BCUT2D eigenvalue weighted by Crippen LogP contribution is -2.70. The fourth-order valence-corrected chi connectivity index (χ4v) is 2.98. The number of hydrogen-bond donors (Lipinski definition) is 2. The van der Waals surface area contributed by atoms with E-state index in [-0.39, 0.29) is 12.2 Å². The molecule has 0 radical (unpaired) electrons. The van der Waals surface area contributed by atoms with Crippen molar-refractivity contribution in [3.8, 4) is 0 Å². The molecule has 1 aromatic carbocycles. The molecule has 0 heterocycles. The van der Waals surface area contributed by atoms with E-state index >= 15 is 0 Å². The largest absolute Gasteiger partial charge is 0.460 e. The smallest absolute Gasteiger partial charge is 0.450 e. The summed E-state index contributed by atoms with van der Waals surface area (Å²) in [5, 5.41) is 12.2. The number of rotatable bonds is 12. The Hall–Kier alpha value is -2.46. The number of benzene rings is 1. The van der Waals surface area contributed by atoms with Crippen molar-refractivity contribution in [2.45, 2.75) is 74.1 Å². The van der Waals surface area contributed by atoms with Crippen LogP contribution < -0.4 is 5.32 Å². The van der Waals surface area contributed by atoms with Crippen LogP contribution in [0.4, 0.5) is 61.9 Å². The average Bonchev–Trinajstić information content (AvgIpc) is 2.76. The molecule has 1 unspecified atom stereocenters. The number of aliphatic hydroxyl groups is 1. The molecule has 4 nitrogen and oxygen atoms in total. The quantitative estimate of drug-likeness (QED) is 0.274. The van der Waals surface area contributed by atoms with Crippen LogP contribution in [-0.4, -0.2) is 59.7 Å². The molecule has 214 valence electrons. The zero-order chi connectivity index (χ0) is 29.1. The minimum absolute atomic E-state index is 0.122. The molecular formula is C20H20F13NO3. The standard InChI is InChI=1S/C20H20F13NO3/c1-2-37-14(36)34-13(11-6-4-3-5-7-11)10-12(35)8-9-15(21,22)16(23,24)17(25,26)18(27,28)19(29,30)20(31,32)33/h3-7,12-13,35H,2,8-10H2,1H3,(H,34,36)/t12-,13?/m0/s1. The molecule has 37 heavy (non-hydrogen) atoms. The van der Waals surface area contributed by atoms with E-state index in [2.05, 4.69) is 10.1 Å². The van der Waals surface area contributed by atoms with Crippen LogP contribution in [0.5, 0.6) is 0 Å². The third-order valence-electron chi connectivity index (χ3n) is 5.07. The zero-order valence-electron chi connectivity index (χ0n) is 18.5. The van der Waals surface area contributed by atoms with Crippen molar-refractivity contribution in [3.63, 3.8) is 0 Å². The first-order chi connectivity index (χ1) is 16.6. The van der Waals surface area contributed by atoms with Crippen LogP contribution in [0, 0.1) is 0 Å².